The van der Waals surface area contributed by atoms with Crippen LogP contribution in [0, 0.1) is 6.92 Å². The quantitative estimate of drug-likeness (QED) is 0.833. The summed E-state index contributed by atoms with van der Waals surface area (Å²) in [6.07, 6.45) is 3.31. The van der Waals surface area contributed by atoms with Crippen molar-refractivity contribution in [2.75, 3.05) is 37.4 Å². The molecule has 0 unspecified atom stereocenters. The monoisotopic (exact) mass is 401 g/mol. The number of piperidine rings is 1. The Labute approximate surface area is 167 Å². The minimum Gasteiger partial charge on any atom is -0.371 e. The number of anilines is 2. The molecule has 150 valence electrons. The zero-order chi connectivity index (χ0) is 20.3. The van der Waals surface area contributed by atoms with Crippen LogP contribution in [0.4, 0.5) is 11.4 Å². The van der Waals surface area contributed by atoms with E-state index in [-0.39, 0.29) is 10.8 Å². The van der Waals surface area contributed by atoms with Crippen LogP contribution in [0.1, 0.15) is 35.2 Å². The SMILES string of the molecule is Cc1ccc(NC(=O)c2cc(S(=O)(=O)N(C)C)ccc2N2CCCCC2)cc1. The minimum atomic E-state index is -3.62. The van der Waals surface area contributed by atoms with E-state index in [9.17, 15) is 13.2 Å². The molecule has 2 aromatic carbocycles. The van der Waals surface area contributed by atoms with Crippen molar-refractivity contribution in [2.24, 2.45) is 0 Å². The number of carbonyl (C=O) groups excluding carboxylic acids is 1. The van der Waals surface area contributed by atoms with Crippen molar-refractivity contribution in [2.45, 2.75) is 31.1 Å². The maximum atomic E-state index is 13.1. The van der Waals surface area contributed by atoms with Crippen molar-refractivity contribution in [3.05, 3.63) is 53.6 Å². The topological polar surface area (TPSA) is 69.7 Å². The lowest BCUT2D eigenvalue weighted by Gasteiger charge is -2.30. The van der Waals surface area contributed by atoms with E-state index < -0.39 is 10.0 Å². The molecule has 6 nitrogen and oxygen atoms in total. The number of rotatable bonds is 5. The number of hydrogen-bond donors (Lipinski definition) is 1. The van der Waals surface area contributed by atoms with Gasteiger partial charge in [0, 0.05) is 38.6 Å². The maximum absolute atomic E-state index is 13.1. The molecule has 0 spiro atoms. The van der Waals surface area contributed by atoms with Crippen molar-refractivity contribution in [3.63, 3.8) is 0 Å². The van der Waals surface area contributed by atoms with Gasteiger partial charge in [-0.05, 0) is 56.5 Å². The molecule has 1 fully saturated rings. The van der Waals surface area contributed by atoms with E-state index in [0.717, 1.165) is 41.5 Å². The third-order valence-corrected chi connectivity index (χ3v) is 6.81. The third kappa shape index (κ3) is 4.36. The van der Waals surface area contributed by atoms with Gasteiger partial charge >= 0.3 is 0 Å². The van der Waals surface area contributed by atoms with E-state index in [4.69, 9.17) is 0 Å². The standard InChI is InChI=1S/C21H27N3O3S/c1-16-7-9-17(10-8-16)22-21(25)19-15-18(28(26,27)23(2)3)11-12-20(19)24-13-5-4-6-14-24/h7-12,15H,4-6,13-14H2,1-3H3,(H,22,25). The fraction of sp³-hybridized carbons (Fsp3) is 0.381. The number of benzene rings is 2. The van der Waals surface area contributed by atoms with Gasteiger partial charge in [-0.1, -0.05) is 17.7 Å². The van der Waals surface area contributed by atoms with Gasteiger partial charge in [-0.15, -0.1) is 0 Å². The highest BCUT2D eigenvalue weighted by atomic mass is 32.2. The molecule has 0 aliphatic carbocycles. The maximum Gasteiger partial charge on any atom is 0.257 e. The summed E-state index contributed by atoms with van der Waals surface area (Å²) in [7, 11) is -0.652. The molecule has 1 saturated heterocycles. The summed E-state index contributed by atoms with van der Waals surface area (Å²) in [5.74, 6) is -0.305. The van der Waals surface area contributed by atoms with Crippen molar-refractivity contribution in [3.8, 4) is 0 Å². The second kappa shape index (κ2) is 8.32. The summed E-state index contributed by atoms with van der Waals surface area (Å²) < 4.78 is 26.3. The Balaban J connectivity index is 2.00. The second-order valence-corrected chi connectivity index (χ2v) is 9.49. The molecule has 0 bridgehead atoms. The largest absolute Gasteiger partial charge is 0.371 e. The van der Waals surface area contributed by atoms with Gasteiger partial charge in [0.25, 0.3) is 5.91 Å². The first-order chi connectivity index (χ1) is 13.3. The Morgan fingerprint density at radius 2 is 1.64 bits per heavy atom. The molecule has 1 N–H and O–H groups in total. The number of nitrogens with zero attached hydrogens (tertiary/aromatic N) is 2. The Morgan fingerprint density at radius 1 is 1.00 bits per heavy atom. The van der Waals surface area contributed by atoms with E-state index in [1.54, 1.807) is 12.1 Å². The van der Waals surface area contributed by atoms with Crippen LogP contribution in [0.2, 0.25) is 0 Å². The smallest absolute Gasteiger partial charge is 0.257 e. The summed E-state index contributed by atoms with van der Waals surface area (Å²) in [5.41, 5.74) is 2.94. The first kappa shape index (κ1) is 20.4. The lowest BCUT2D eigenvalue weighted by atomic mass is 10.1. The van der Waals surface area contributed by atoms with Crippen LogP contribution in [-0.4, -0.2) is 45.8 Å². The predicted molar refractivity (Wildman–Crippen MR) is 113 cm³/mol. The fourth-order valence-corrected chi connectivity index (χ4v) is 4.24. The molecule has 0 saturated carbocycles. The molecule has 28 heavy (non-hydrogen) atoms. The van der Waals surface area contributed by atoms with E-state index in [1.165, 1.54) is 26.6 Å². The van der Waals surface area contributed by atoms with E-state index in [0.29, 0.717) is 11.3 Å². The second-order valence-electron chi connectivity index (χ2n) is 7.33. The van der Waals surface area contributed by atoms with E-state index in [2.05, 4.69) is 10.2 Å². The summed E-state index contributed by atoms with van der Waals surface area (Å²) in [6, 6.07) is 12.4. The molecular formula is C21H27N3O3S. The zero-order valence-electron chi connectivity index (χ0n) is 16.6. The summed E-state index contributed by atoms with van der Waals surface area (Å²) in [5, 5.41) is 2.90. The van der Waals surface area contributed by atoms with Crippen LogP contribution in [0.3, 0.4) is 0 Å². The Hall–Kier alpha value is -2.38. The number of nitrogens with one attached hydrogen (secondary N) is 1. The van der Waals surface area contributed by atoms with Gasteiger partial charge < -0.3 is 10.2 Å². The number of hydrogen-bond acceptors (Lipinski definition) is 4. The first-order valence-corrected chi connectivity index (χ1v) is 10.9. The highest BCUT2D eigenvalue weighted by Crippen LogP contribution is 2.28. The van der Waals surface area contributed by atoms with Gasteiger partial charge in [0.2, 0.25) is 10.0 Å². The average Bonchev–Trinajstić information content (AvgIpc) is 2.69. The number of amides is 1. The summed E-state index contributed by atoms with van der Waals surface area (Å²) >= 11 is 0. The zero-order valence-corrected chi connectivity index (χ0v) is 17.4. The van der Waals surface area contributed by atoms with Crippen LogP contribution in [0.5, 0.6) is 0 Å². The van der Waals surface area contributed by atoms with E-state index >= 15 is 0 Å². The molecule has 1 heterocycles. The normalized spacial score (nSPS) is 14.9. The third-order valence-electron chi connectivity index (χ3n) is 5.00. The molecule has 0 aromatic heterocycles. The van der Waals surface area contributed by atoms with Gasteiger partial charge in [-0.3, -0.25) is 4.79 Å². The van der Waals surface area contributed by atoms with Crippen LogP contribution >= 0.6 is 0 Å². The number of sulfonamides is 1. The van der Waals surface area contributed by atoms with Crippen LogP contribution in [-0.2, 0) is 10.0 Å². The van der Waals surface area contributed by atoms with E-state index in [1.807, 2.05) is 31.2 Å². The van der Waals surface area contributed by atoms with Crippen LogP contribution < -0.4 is 10.2 Å². The molecule has 1 aliphatic rings. The summed E-state index contributed by atoms with van der Waals surface area (Å²) in [6.45, 7) is 3.71. The molecule has 1 amide bonds. The highest BCUT2D eigenvalue weighted by Gasteiger charge is 2.24. The number of aryl methyl sites for hydroxylation is 1. The number of carbonyl (C=O) groups is 1. The predicted octanol–water partition coefficient (Wildman–Crippen LogP) is 3.49. The Morgan fingerprint density at radius 3 is 2.25 bits per heavy atom. The van der Waals surface area contributed by atoms with Gasteiger partial charge in [-0.2, -0.15) is 0 Å². The average molecular weight is 402 g/mol. The van der Waals surface area contributed by atoms with Gasteiger partial charge in [-0.25, -0.2) is 12.7 Å². The van der Waals surface area contributed by atoms with Crippen molar-refractivity contribution >= 4 is 27.3 Å². The molecule has 0 radical (unpaired) electrons. The summed E-state index contributed by atoms with van der Waals surface area (Å²) in [4.78, 5) is 15.3. The van der Waals surface area contributed by atoms with Crippen molar-refractivity contribution in [1.29, 1.82) is 0 Å². The van der Waals surface area contributed by atoms with Crippen LogP contribution in [0.25, 0.3) is 0 Å². The van der Waals surface area contributed by atoms with Crippen LogP contribution in [0.15, 0.2) is 47.4 Å². The molecular weight excluding hydrogens is 374 g/mol. The molecule has 2 aromatic rings. The molecule has 1 aliphatic heterocycles. The fourth-order valence-electron chi connectivity index (χ4n) is 3.31. The van der Waals surface area contributed by atoms with Gasteiger partial charge in [0.05, 0.1) is 10.5 Å². The van der Waals surface area contributed by atoms with Gasteiger partial charge in [0.15, 0.2) is 0 Å². The van der Waals surface area contributed by atoms with Crippen molar-refractivity contribution in [1.82, 2.24) is 4.31 Å². The molecule has 3 rings (SSSR count). The highest BCUT2D eigenvalue weighted by molar-refractivity contribution is 7.89. The molecule has 7 heteroatoms. The minimum absolute atomic E-state index is 0.118. The van der Waals surface area contributed by atoms with Crippen molar-refractivity contribution < 1.29 is 13.2 Å². The lowest BCUT2D eigenvalue weighted by Crippen LogP contribution is -2.32. The first-order valence-electron chi connectivity index (χ1n) is 9.48. The van der Waals surface area contributed by atoms with Gasteiger partial charge in [0.1, 0.15) is 0 Å². The Bertz CT molecular complexity index is 947. The Kier molecular flexibility index (Phi) is 6.05. The molecule has 0 atom stereocenters. The lowest BCUT2D eigenvalue weighted by molar-refractivity contribution is 0.102.